The SMILES string of the molecule is c1cc(-c2cccc3c2sc2ccccc23)cc(N2c3ccccc3-c3c4c2cccc4cc2sc4ccccc4c32)c1. The van der Waals surface area contributed by atoms with Crippen molar-refractivity contribution in [3.05, 3.63) is 140 Å². The molecule has 1 nitrogen and oxygen atoms in total. The van der Waals surface area contributed by atoms with Crippen LogP contribution in [-0.2, 0) is 0 Å². The number of hydrogen-bond acceptors (Lipinski definition) is 3. The molecule has 0 saturated carbocycles. The van der Waals surface area contributed by atoms with Crippen LogP contribution in [0, 0.1) is 0 Å². The van der Waals surface area contributed by atoms with Crippen molar-refractivity contribution in [2.75, 3.05) is 4.90 Å². The zero-order valence-corrected chi connectivity index (χ0v) is 24.7. The highest BCUT2D eigenvalue weighted by Gasteiger charge is 2.28. The monoisotopic (exact) mass is 581 g/mol. The van der Waals surface area contributed by atoms with Crippen molar-refractivity contribution in [1.82, 2.24) is 0 Å². The Morgan fingerprint density at radius 3 is 2.07 bits per heavy atom. The molecule has 1 aliphatic heterocycles. The molecule has 9 aromatic rings. The Hall–Kier alpha value is -4.96. The molecule has 0 saturated heterocycles. The number of anilines is 3. The van der Waals surface area contributed by atoms with Crippen molar-refractivity contribution in [2.45, 2.75) is 0 Å². The zero-order chi connectivity index (χ0) is 28.1. The lowest BCUT2D eigenvalue weighted by atomic mass is 9.87. The summed E-state index contributed by atoms with van der Waals surface area (Å²) >= 11 is 3.79. The van der Waals surface area contributed by atoms with Gasteiger partial charge in [-0.3, -0.25) is 0 Å². The van der Waals surface area contributed by atoms with Crippen LogP contribution in [0.3, 0.4) is 0 Å². The highest BCUT2D eigenvalue weighted by atomic mass is 32.1. The third-order valence-corrected chi connectivity index (χ3v) is 11.3. The molecule has 200 valence electrons. The molecule has 3 heteroatoms. The Morgan fingerprint density at radius 1 is 0.442 bits per heavy atom. The molecule has 0 unspecified atom stereocenters. The summed E-state index contributed by atoms with van der Waals surface area (Å²) in [4.78, 5) is 2.47. The third-order valence-electron chi connectivity index (χ3n) is 8.96. The Kier molecular flexibility index (Phi) is 4.81. The number of para-hydroxylation sites is 1. The van der Waals surface area contributed by atoms with E-state index < -0.39 is 0 Å². The van der Waals surface area contributed by atoms with Crippen molar-refractivity contribution < 1.29 is 0 Å². The fourth-order valence-electron chi connectivity index (χ4n) is 7.17. The highest BCUT2D eigenvalue weighted by Crippen LogP contribution is 2.55. The first-order valence-electron chi connectivity index (χ1n) is 14.6. The standard InChI is InChI=1S/C40H23NS2/c1-4-18-32-30(14-1)39-37-25(23-36-38(39)31-15-3-6-21-35(31)42-36)11-8-19-33(37)41(32)26-12-7-10-24(22-26)27-16-9-17-29-28-13-2-5-20-34(28)43-40(27)29/h1-23H. The van der Waals surface area contributed by atoms with Crippen molar-refractivity contribution >= 4 is 90.9 Å². The van der Waals surface area contributed by atoms with Gasteiger partial charge in [-0.05, 0) is 59.0 Å². The molecule has 3 heterocycles. The number of fused-ring (bicyclic) bond motifs is 9. The average Bonchev–Trinajstić information content (AvgIpc) is 3.63. The molecule has 7 aromatic carbocycles. The van der Waals surface area contributed by atoms with E-state index >= 15 is 0 Å². The van der Waals surface area contributed by atoms with E-state index in [1.54, 1.807) is 0 Å². The van der Waals surface area contributed by atoms with Crippen LogP contribution < -0.4 is 4.90 Å². The molecule has 2 aromatic heterocycles. The van der Waals surface area contributed by atoms with E-state index in [4.69, 9.17) is 0 Å². The van der Waals surface area contributed by atoms with E-state index in [1.165, 1.54) is 90.4 Å². The second-order valence-electron chi connectivity index (χ2n) is 11.3. The summed E-state index contributed by atoms with van der Waals surface area (Å²) in [6.45, 7) is 0. The minimum absolute atomic E-state index is 1.18. The van der Waals surface area contributed by atoms with Gasteiger partial charge in [0.15, 0.2) is 0 Å². The molecule has 0 bridgehead atoms. The van der Waals surface area contributed by atoms with Gasteiger partial charge in [0.25, 0.3) is 0 Å². The van der Waals surface area contributed by atoms with E-state index in [2.05, 4.69) is 144 Å². The Balaban J connectivity index is 1.25. The van der Waals surface area contributed by atoms with Crippen LogP contribution in [0.25, 0.3) is 73.4 Å². The summed E-state index contributed by atoms with van der Waals surface area (Å²) in [5.74, 6) is 0. The molecule has 0 spiro atoms. The molecule has 0 N–H and O–H groups in total. The highest BCUT2D eigenvalue weighted by molar-refractivity contribution is 7.26. The summed E-state index contributed by atoms with van der Waals surface area (Å²) in [7, 11) is 0. The Labute approximate surface area is 256 Å². The lowest BCUT2D eigenvalue weighted by Crippen LogP contribution is -2.15. The maximum atomic E-state index is 2.47. The van der Waals surface area contributed by atoms with Gasteiger partial charge in [0.2, 0.25) is 0 Å². The number of rotatable bonds is 2. The molecule has 10 rings (SSSR count). The number of hydrogen-bond donors (Lipinski definition) is 0. The van der Waals surface area contributed by atoms with Crippen LogP contribution in [0.1, 0.15) is 0 Å². The number of thiophene rings is 2. The van der Waals surface area contributed by atoms with Crippen molar-refractivity contribution in [2.24, 2.45) is 0 Å². The number of nitrogens with zero attached hydrogens (tertiary/aromatic N) is 1. The van der Waals surface area contributed by atoms with Crippen molar-refractivity contribution in [1.29, 1.82) is 0 Å². The first-order valence-corrected chi connectivity index (χ1v) is 16.2. The lowest BCUT2D eigenvalue weighted by molar-refractivity contribution is 1.29. The van der Waals surface area contributed by atoms with Gasteiger partial charge < -0.3 is 4.90 Å². The Morgan fingerprint density at radius 2 is 1.14 bits per heavy atom. The second kappa shape index (κ2) is 8.78. The van der Waals surface area contributed by atoms with Crippen LogP contribution in [0.5, 0.6) is 0 Å². The van der Waals surface area contributed by atoms with E-state index in [1.807, 2.05) is 22.7 Å². The third kappa shape index (κ3) is 3.26. The first kappa shape index (κ1) is 23.6. The topological polar surface area (TPSA) is 3.24 Å². The molecular weight excluding hydrogens is 559 g/mol. The molecule has 0 radical (unpaired) electrons. The van der Waals surface area contributed by atoms with Gasteiger partial charge in [0.05, 0.1) is 11.4 Å². The van der Waals surface area contributed by atoms with E-state index in [0.717, 1.165) is 0 Å². The Bertz CT molecular complexity index is 2590. The fourth-order valence-corrected chi connectivity index (χ4v) is 9.57. The minimum Gasteiger partial charge on any atom is -0.309 e. The average molecular weight is 582 g/mol. The van der Waals surface area contributed by atoms with Gasteiger partial charge in [-0.2, -0.15) is 0 Å². The summed E-state index contributed by atoms with van der Waals surface area (Å²) in [6, 6.07) is 51.6. The van der Waals surface area contributed by atoms with Gasteiger partial charge in [-0.25, -0.2) is 0 Å². The summed E-state index contributed by atoms with van der Waals surface area (Å²) in [6.07, 6.45) is 0. The fraction of sp³-hybridized carbons (Fsp3) is 0. The second-order valence-corrected chi connectivity index (χ2v) is 13.4. The summed E-state index contributed by atoms with van der Waals surface area (Å²) < 4.78 is 5.37. The van der Waals surface area contributed by atoms with Crippen LogP contribution in [0.15, 0.2) is 140 Å². The van der Waals surface area contributed by atoms with E-state index in [9.17, 15) is 0 Å². The van der Waals surface area contributed by atoms with Crippen LogP contribution in [0.4, 0.5) is 17.1 Å². The van der Waals surface area contributed by atoms with Gasteiger partial charge >= 0.3 is 0 Å². The van der Waals surface area contributed by atoms with E-state index in [0.29, 0.717) is 0 Å². The zero-order valence-electron chi connectivity index (χ0n) is 23.0. The van der Waals surface area contributed by atoms with Crippen LogP contribution in [-0.4, -0.2) is 0 Å². The van der Waals surface area contributed by atoms with Crippen LogP contribution in [0.2, 0.25) is 0 Å². The molecule has 0 amide bonds. The number of benzene rings is 7. The smallest absolute Gasteiger partial charge is 0.0546 e. The molecular formula is C40H23NS2. The first-order chi connectivity index (χ1) is 21.3. The quantitative estimate of drug-likeness (QED) is 0.196. The molecule has 0 aliphatic carbocycles. The van der Waals surface area contributed by atoms with Crippen molar-refractivity contribution in [3.8, 4) is 22.3 Å². The van der Waals surface area contributed by atoms with Crippen molar-refractivity contribution in [3.63, 3.8) is 0 Å². The van der Waals surface area contributed by atoms with Gasteiger partial charge in [0.1, 0.15) is 0 Å². The molecule has 0 fully saturated rings. The molecule has 43 heavy (non-hydrogen) atoms. The van der Waals surface area contributed by atoms with Gasteiger partial charge in [-0.1, -0.05) is 97.1 Å². The molecule has 1 aliphatic rings. The minimum atomic E-state index is 1.18. The largest absolute Gasteiger partial charge is 0.309 e. The predicted octanol–water partition coefficient (Wildman–Crippen LogP) is 12.7. The lowest BCUT2D eigenvalue weighted by Gasteiger charge is -2.34. The van der Waals surface area contributed by atoms with E-state index in [-0.39, 0.29) is 0 Å². The summed E-state index contributed by atoms with van der Waals surface area (Å²) in [5.41, 5.74) is 8.82. The maximum Gasteiger partial charge on any atom is 0.0546 e. The normalized spacial score (nSPS) is 12.6. The predicted molar refractivity (Wildman–Crippen MR) is 189 cm³/mol. The van der Waals surface area contributed by atoms with Gasteiger partial charge in [0, 0.05) is 62.5 Å². The van der Waals surface area contributed by atoms with Crippen LogP contribution >= 0.6 is 22.7 Å². The summed E-state index contributed by atoms with van der Waals surface area (Å²) in [5, 5.41) is 8.00. The van der Waals surface area contributed by atoms with Gasteiger partial charge in [-0.15, -0.1) is 22.7 Å². The molecule has 0 atom stereocenters. The maximum absolute atomic E-state index is 2.47.